The van der Waals surface area contributed by atoms with Crippen molar-refractivity contribution < 1.29 is 4.79 Å². The van der Waals surface area contributed by atoms with Crippen molar-refractivity contribution in [3.63, 3.8) is 0 Å². The second kappa shape index (κ2) is 11.0. The Hall–Kier alpha value is -2.12. The minimum Gasteiger partial charge on any atom is -0.357 e. The molecule has 156 valence electrons. The molecule has 1 aromatic rings. The number of likely N-dealkylation sites (N-methyl/N-ethyl adjacent to an activating group) is 2. The van der Waals surface area contributed by atoms with Gasteiger partial charge in [0.25, 0.3) is 5.91 Å². The van der Waals surface area contributed by atoms with Crippen LogP contribution in [0.15, 0.2) is 29.3 Å². The molecule has 0 bridgehead atoms. The van der Waals surface area contributed by atoms with E-state index in [1.54, 1.807) is 19.0 Å². The van der Waals surface area contributed by atoms with Crippen molar-refractivity contribution in [2.24, 2.45) is 4.99 Å². The first-order valence-electron chi connectivity index (χ1n) is 10.1. The Morgan fingerprint density at radius 2 is 2.04 bits per heavy atom. The Morgan fingerprint density at radius 3 is 2.75 bits per heavy atom. The zero-order valence-electron chi connectivity index (χ0n) is 18.0. The summed E-state index contributed by atoms with van der Waals surface area (Å²) in [4.78, 5) is 23.3. The molecular formula is C21H36N6O. The van der Waals surface area contributed by atoms with Gasteiger partial charge >= 0.3 is 0 Å². The van der Waals surface area contributed by atoms with Crippen LogP contribution in [0, 0.1) is 0 Å². The molecule has 7 heteroatoms. The first kappa shape index (κ1) is 22.2. The molecule has 2 N–H and O–H groups in total. The van der Waals surface area contributed by atoms with E-state index in [9.17, 15) is 4.79 Å². The third-order valence-corrected chi connectivity index (χ3v) is 5.07. The van der Waals surface area contributed by atoms with Gasteiger partial charge in [0, 0.05) is 58.4 Å². The number of guanidine groups is 1. The van der Waals surface area contributed by atoms with E-state index in [0.29, 0.717) is 6.04 Å². The summed E-state index contributed by atoms with van der Waals surface area (Å²) in [5.74, 6) is 0.885. The van der Waals surface area contributed by atoms with Crippen LogP contribution < -0.4 is 10.6 Å². The van der Waals surface area contributed by atoms with Gasteiger partial charge in [-0.3, -0.25) is 14.7 Å². The maximum absolute atomic E-state index is 12.1. The van der Waals surface area contributed by atoms with E-state index in [4.69, 9.17) is 4.99 Å². The summed E-state index contributed by atoms with van der Waals surface area (Å²) in [6.45, 7) is 7.71. The van der Waals surface area contributed by atoms with Crippen LogP contribution in [0.2, 0.25) is 0 Å². The average molecular weight is 389 g/mol. The SMILES string of the molecule is CCNC(=NCC1CN(C)CCN1C)NCCc1cccc(C(=O)N(C)C)c1. The van der Waals surface area contributed by atoms with Crippen LogP contribution in [0.3, 0.4) is 0 Å². The average Bonchev–Trinajstić information content (AvgIpc) is 2.68. The second-order valence-electron chi connectivity index (χ2n) is 7.69. The molecule has 1 fully saturated rings. The lowest BCUT2D eigenvalue weighted by atomic mass is 10.1. The highest BCUT2D eigenvalue weighted by atomic mass is 16.2. The summed E-state index contributed by atoms with van der Waals surface area (Å²) >= 11 is 0. The molecule has 1 amide bonds. The fraction of sp³-hybridized carbons (Fsp3) is 0.619. The lowest BCUT2D eigenvalue weighted by Gasteiger charge is -2.36. The highest BCUT2D eigenvalue weighted by Crippen LogP contribution is 2.08. The predicted molar refractivity (Wildman–Crippen MR) is 116 cm³/mol. The lowest BCUT2D eigenvalue weighted by Crippen LogP contribution is -2.51. The van der Waals surface area contributed by atoms with Crippen LogP contribution in [0.4, 0.5) is 0 Å². The number of carbonyl (C=O) groups excluding carboxylic acids is 1. The van der Waals surface area contributed by atoms with Crippen molar-refractivity contribution in [1.29, 1.82) is 0 Å². The molecule has 1 aromatic carbocycles. The summed E-state index contributed by atoms with van der Waals surface area (Å²) in [6.07, 6.45) is 0.838. The molecule has 0 saturated carbocycles. The summed E-state index contributed by atoms with van der Waals surface area (Å²) < 4.78 is 0. The third kappa shape index (κ3) is 6.80. The Bertz CT molecular complexity index is 660. The van der Waals surface area contributed by atoms with E-state index in [1.807, 2.05) is 18.2 Å². The minimum atomic E-state index is 0.0336. The number of hydrogen-bond acceptors (Lipinski definition) is 4. The van der Waals surface area contributed by atoms with Gasteiger partial charge in [-0.05, 0) is 45.1 Å². The van der Waals surface area contributed by atoms with Gasteiger partial charge in [-0.15, -0.1) is 0 Å². The maximum Gasteiger partial charge on any atom is 0.253 e. The molecule has 2 rings (SSSR count). The molecule has 1 aliphatic heterocycles. The van der Waals surface area contributed by atoms with Crippen LogP contribution in [-0.4, -0.2) is 100 Å². The van der Waals surface area contributed by atoms with Crippen molar-refractivity contribution in [2.45, 2.75) is 19.4 Å². The monoisotopic (exact) mass is 388 g/mol. The molecule has 1 atom stereocenters. The van der Waals surface area contributed by atoms with Crippen LogP contribution in [0.25, 0.3) is 0 Å². The fourth-order valence-corrected chi connectivity index (χ4v) is 3.28. The first-order valence-corrected chi connectivity index (χ1v) is 10.1. The summed E-state index contributed by atoms with van der Waals surface area (Å²) in [6, 6.07) is 8.29. The Morgan fingerprint density at radius 1 is 1.25 bits per heavy atom. The van der Waals surface area contributed by atoms with Crippen LogP contribution in [0.1, 0.15) is 22.8 Å². The number of rotatable bonds is 7. The Balaban J connectivity index is 1.89. The number of aliphatic imine (C=N–C) groups is 1. The van der Waals surface area contributed by atoms with Gasteiger partial charge in [0.15, 0.2) is 5.96 Å². The van der Waals surface area contributed by atoms with Crippen molar-refractivity contribution in [2.75, 3.05) is 67.5 Å². The minimum absolute atomic E-state index is 0.0336. The zero-order chi connectivity index (χ0) is 20.5. The fourth-order valence-electron chi connectivity index (χ4n) is 3.28. The number of hydrogen-bond donors (Lipinski definition) is 2. The Kier molecular flexibility index (Phi) is 8.73. The number of nitrogens with one attached hydrogen (secondary N) is 2. The number of carbonyl (C=O) groups is 1. The summed E-state index contributed by atoms with van der Waals surface area (Å²) in [7, 11) is 7.90. The molecule has 1 aliphatic rings. The highest BCUT2D eigenvalue weighted by molar-refractivity contribution is 5.94. The molecule has 1 saturated heterocycles. The van der Waals surface area contributed by atoms with Gasteiger partial charge in [0.2, 0.25) is 0 Å². The third-order valence-electron chi connectivity index (χ3n) is 5.07. The van der Waals surface area contributed by atoms with Gasteiger partial charge < -0.3 is 20.4 Å². The van der Waals surface area contributed by atoms with E-state index in [1.165, 1.54) is 0 Å². The topological polar surface area (TPSA) is 63.2 Å². The molecule has 0 spiro atoms. The molecule has 0 radical (unpaired) electrons. The van der Waals surface area contributed by atoms with Gasteiger partial charge in [-0.2, -0.15) is 0 Å². The Labute approximate surface area is 169 Å². The van der Waals surface area contributed by atoms with Gasteiger partial charge in [-0.25, -0.2) is 0 Å². The van der Waals surface area contributed by atoms with Crippen LogP contribution in [-0.2, 0) is 6.42 Å². The predicted octanol–water partition coefficient (Wildman–Crippen LogP) is 0.732. The van der Waals surface area contributed by atoms with Crippen LogP contribution >= 0.6 is 0 Å². The maximum atomic E-state index is 12.1. The van der Waals surface area contributed by atoms with Gasteiger partial charge in [-0.1, -0.05) is 12.1 Å². The van der Waals surface area contributed by atoms with Crippen molar-refractivity contribution in [3.8, 4) is 0 Å². The molecular weight excluding hydrogens is 352 g/mol. The van der Waals surface area contributed by atoms with Crippen LogP contribution in [0.5, 0.6) is 0 Å². The molecule has 0 aliphatic carbocycles. The molecule has 28 heavy (non-hydrogen) atoms. The first-order chi connectivity index (χ1) is 13.4. The lowest BCUT2D eigenvalue weighted by molar-refractivity contribution is 0.0827. The molecule has 1 unspecified atom stereocenters. The molecule has 1 heterocycles. The number of amides is 1. The zero-order valence-corrected chi connectivity index (χ0v) is 18.0. The second-order valence-corrected chi connectivity index (χ2v) is 7.69. The molecule has 0 aromatic heterocycles. The van der Waals surface area contributed by atoms with Crippen molar-refractivity contribution in [3.05, 3.63) is 35.4 Å². The van der Waals surface area contributed by atoms with E-state index in [2.05, 4.69) is 47.5 Å². The standard InChI is InChI=1S/C21H36N6O/c1-6-22-21(24-15-19-16-26(4)12-13-27(19)5)23-11-10-17-8-7-9-18(14-17)20(28)25(2)3/h7-9,14,19H,6,10-13,15-16H2,1-5H3,(H2,22,23,24). The van der Waals surface area contributed by atoms with E-state index >= 15 is 0 Å². The van der Waals surface area contributed by atoms with Gasteiger partial charge in [0.05, 0.1) is 6.54 Å². The van der Waals surface area contributed by atoms with Crippen molar-refractivity contribution >= 4 is 11.9 Å². The molecule has 7 nitrogen and oxygen atoms in total. The van der Waals surface area contributed by atoms with Crippen molar-refractivity contribution in [1.82, 2.24) is 25.3 Å². The summed E-state index contributed by atoms with van der Waals surface area (Å²) in [5, 5.41) is 6.74. The summed E-state index contributed by atoms with van der Waals surface area (Å²) in [5.41, 5.74) is 1.87. The van der Waals surface area contributed by atoms with Gasteiger partial charge in [0.1, 0.15) is 0 Å². The number of nitrogens with zero attached hydrogens (tertiary/aromatic N) is 4. The largest absolute Gasteiger partial charge is 0.357 e. The van der Waals surface area contributed by atoms with E-state index < -0.39 is 0 Å². The smallest absolute Gasteiger partial charge is 0.253 e. The number of benzene rings is 1. The number of piperazine rings is 1. The van der Waals surface area contributed by atoms with E-state index in [-0.39, 0.29) is 5.91 Å². The van der Waals surface area contributed by atoms with E-state index in [0.717, 1.165) is 62.8 Å². The highest BCUT2D eigenvalue weighted by Gasteiger charge is 2.21. The quantitative estimate of drug-likeness (QED) is 0.533. The normalized spacial score (nSPS) is 18.8.